The van der Waals surface area contributed by atoms with Crippen molar-refractivity contribution < 1.29 is 9.09 Å². The molecule has 1 aliphatic heterocycles. The van der Waals surface area contributed by atoms with Crippen molar-refractivity contribution in [3.05, 3.63) is 0 Å². The average molecular weight is 166 g/mol. The summed E-state index contributed by atoms with van der Waals surface area (Å²) < 4.78 is 15.0. The van der Waals surface area contributed by atoms with E-state index in [4.69, 9.17) is 4.52 Å². The molecule has 1 saturated heterocycles. The first-order valence-electron chi connectivity index (χ1n) is 2.71. The zero-order valence-electron chi connectivity index (χ0n) is 5.14. The average Bonchev–Trinajstić information content (AvgIpc) is 2.16. The Morgan fingerprint density at radius 2 is 2.67 bits per heavy atom. The van der Waals surface area contributed by atoms with E-state index in [1.54, 1.807) is 11.8 Å². The van der Waals surface area contributed by atoms with Gasteiger partial charge in [0.25, 0.3) is 0 Å². The van der Waals surface area contributed by atoms with Crippen LogP contribution >= 0.6 is 20.4 Å². The van der Waals surface area contributed by atoms with Crippen LogP contribution in [0.25, 0.3) is 0 Å². The van der Waals surface area contributed by atoms with Gasteiger partial charge in [-0.15, -0.1) is 16.3 Å². The number of rotatable bonds is 2. The van der Waals surface area contributed by atoms with Crippen molar-refractivity contribution in [1.82, 2.24) is 5.32 Å². The SMILES string of the molecule is CC1(O[PH+]=O)NCCS1. The topological polar surface area (TPSA) is 38.3 Å². The lowest BCUT2D eigenvalue weighted by Gasteiger charge is -2.12. The largest absolute Gasteiger partial charge is 0.496 e. The van der Waals surface area contributed by atoms with Crippen LogP contribution in [0.2, 0.25) is 0 Å². The summed E-state index contributed by atoms with van der Waals surface area (Å²) in [5, 5.41) is 2.69. The Hall–Kier alpha value is 0.370. The van der Waals surface area contributed by atoms with E-state index in [9.17, 15) is 4.57 Å². The molecule has 2 atom stereocenters. The molecule has 9 heavy (non-hydrogen) atoms. The Kier molecular flexibility index (Phi) is 2.47. The molecule has 0 radical (unpaired) electrons. The first-order valence-corrected chi connectivity index (χ1v) is 4.51. The summed E-state index contributed by atoms with van der Waals surface area (Å²) in [5.41, 5.74) is 0. The molecule has 0 aromatic carbocycles. The van der Waals surface area contributed by atoms with Crippen molar-refractivity contribution in [2.45, 2.75) is 12.0 Å². The van der Waals surface area contributed by atoms with Crippen LogP contribution < -0.4 is 5.32 Å². The Morgan fingerprint density at radius 1 is 1.89 bits per heavy atom. The van der Waals surface area contributed by atoms with E-state index < -0.39 is 8.69 Å². The van der Waals surface area contributed by atoms with E-state index in [2.05, 4.69) is 5.32 Å². The quantitative estimate of drug-likeness (QED) is 0.620. The maximum Gasteiger partial charge on any atom is 0.496 e. The van der Waals surface area contributed by atoms with E-state index in [0.29, 0.717) is 0 Å². The number of hydrogen-bond donors (Lipinski definition) is 1. The van der Waals surface area contributed by atoms with Crippen LogP contribution in [0.3, 0.4) is 0 Å². The van der Waals surface area contributed by atoms with Gasteiger partial charge in [0.05, 0.1) is 0 Å². The zero-order valence-corrected chi connectivity index (χ0v) is 6.96. The fraction of sp³-hybridized carbons (Fsp3) is 1.00. The van der Waals surface area contributed by atoms with Crippen LogP contribution in [0.15, 0.2) is 0 Å². The lowest BCUT2D eigenvalue weighted by atomic mass is 10.6. The van der Waals surface area contributed by atoms with Gasteiger partial charge >= 0.3 is 8.69 Å². The minimum Gasteiger partial charge on any atom is -0.276 e. The lowest BCUT2D eigenvalue weighted by molar-refractivity contribution is 0.178. The molecule has 0 aliphatic carbocycles. The molecule has 0 amide bonds. The fourth-order valence-corrected chi connectivity index (χ4v) is 2.09. The summed E-state index contributed by atoms with van der Waals surface area (Å²) in [5.74, 6) is 1.03. The molecule has 52 valence electrons. The van der Waals surface area contributed by atoms with E-state index in [1.807, 2.05) is 6.92 Å². The van der Waals surface area contributed by atoms with E-state index in [1.165, 1.54) is 0 Å². The van der Waals surface area contributed by atoms with Crippen LogP contribution in [-0.4, -0.2) is 17.4 Å². The summed E-state index contributed by atoms with van der Waals surface area (Å²) in [6.45, 7) is 2.82. The Balaban J connectivity index is 2.40. The molecule has 3 nitrogen and oxygen atoms in total. The summed E-state index contributed by atoms with van der Waals surface area (Å²) in [6.07, 6.45) is 0. The second kappa shape index (κ2) is 2.97. The van der Waals surface area contributed by atoms with Crippen molar-refractivity contribution in [3.8, 4) is 0 Å². The summed E-state index contributed by atoms with van der Waals surface area (Å²) in [7, 11) is -0.671. The van der Waals surface area contributed by atoms with Crippen LogP contribution in [0.5, 0.6) is 0 Å². The molecular weight excluding hydrogens is 157 g/mol. The number of thioether (sulfide) groups is 1. The molecule has 1 rings (SSSR count). The van der Waals surface area contributed by atoms with Gasteiger partial charge < -0.3 is 0 Å². The molecule has 0 aromatic rings. The highest BCUT2D eigenvalue weighted by molar-refractivity contribution is 8.00. The smallest absolute Gasteiger partial charge is 0.276 e. The first kappa shape index (κ1) is 7.48. The Bertz CT molecular complexity index is 115. The van der Waals surface area contributed by atoms with Crippen molar-refractivity contribution in [1.29, 1.82) is 0 Å². The van der Waals surface area contributed by atoms with Gasteiger partial charge in [-0.3, -0.25) is 5.32 Å². The Morgan fingerprint density at radius 3 is 3.11 bits per heavy atom. The Labute approximate surface area is 59.8 Å². The lowest BCUT2D eigenvalue weighted by Crippen LogP contribution is -2.33. The third kappa shape index (κ3) is 1.90. The van der Waals surface area contributed by atoms with Crippen LogP contribution in [-0.2, 0) is 9.09 Å². The van der Waals surface area contributed by atoms with Crippen molar-refractivity contribution >= 4 is 20.4 Å². The molecule has 2 unspecified atom stereocenters. The normalized spacial score (nSPS) is 35.7. The predicted octanol–water partition coefficient (Wildman–Crippen LogP) is 0.952. The highest BCUT2D eigenvalue weighted by Gasteiger charge is 2.33. The maximum atomic E-state index is 10.0. The number of nitrogens with one attached hydrogen (secondary N) is 1. The molecule has 0 aromatic heterocycles. The van der Waals surface area contributed by atoms with Crippen molar-refractivity contribution in [2.75, 3.05) is 12.3 Å². The van der Waals surface area contributed by atoms with Crippen molar-refractivity contribution in [3.63, 3.8) is 0 Å². The zero-order chi connectivity index (χ0) is 6.74. The van der Waals surface area contributed by atoms with Gasteiger partial charge in [0, 0.05) is 12.3 Å². The van der Waals surface area contributed by atoms with Gasteiger partial charge in [-0.1, -0.05) is 0 Å². The minimum atomic E-state index is -0.671. The highest BCUT2D eigenvalue weighted by atomic mass is 32.2. The molecule has 1 heterocycles. The summed E-state index contributed by atoms with van der Waals surface area (Å²) >= 11 is 1.64. The van der Waals surface area contributed by atoms with E-state index in [-0.39, 0.29) is 5.06 Å². The fourth-order valence-electron chi connectivity index (χ4n) is 0.720. The highest BCUT2D eigenvalue weighted by Crippen LogP contribution is 2.30. The molecule has 1 N–H and O–H groups in total. The second-order valence-electron chi connectivity index (χ2n) is 1.91. The van der Waals surface area contributed by atoms with E-state index in [0.717, 1.165) is 12.3 Å². The van der Waals surface area contributed by atoms with Crippen LogP contribution in [0.4, 0.5) is 0 Å². The third-order valence-electron chi connectivity index (χ3n) is 1.16. The molecule has 0 saturated carbocycles. The van der Waals surface area contributed by atoms with Gasteiger partial charge in [-0.2, -0.15) is 0 Å². The molecule has 5 heteroatoms. The molecule has 0 bridgehead atoms. The minimum absolute atomic E-state index is 0.389. The van der Waals surface area contributed by atoms with Crippen LogP contribution in [0.1, 0.15) is 6.92 Å². The van der Waals surface area contributed by atoms with Gasteiger partial charge in [0.15, 0.2) is 0 Å². The third-order valence-corrected chi connectivity index (χ3v) is 2.99. The standard InChI is InChI=1S/C4H9NO2PS/c1-4(7-8-6)5-2-3-9-4/h5,8H,2-3H2,1H3/q+1. The monoisotopic (exact) mass is 166 g/mol. The first-order chi connectivity index (χ1) is 4.27. The molecule has 1 aliphatic rings. The molecule has 0 spiro atoms. The summed E-state index contributed by atoms with van der Waals surface area (Å²) in [6, 6.07) is 0. The van der Waals surface area contributed by atoms with Gasteiger partial charge in [-0.25, -0.2) is 0 Å². The number of hydrogen-bond acceptors (Lipinski definition) is 4. The van der Waals surface area contributed by atoms with E-state index >= 15 is 0 Å². The second-order valence-corrected chi connectivity index (χ2v) is 3.75. The van der Waals surface area contributed by atoms with Crippen LogP contribution in [0, 0.1) is 0 Å². The van der Waals surface area contributed by atoms with Crippen molar-refractivity contribution in [2.24, 2.45) is 0 Å². The van der Waals surface area contributed by atoms with Gasteiger partial charge in [0.1, 0.15) is 0 Å². The molecule has 1 fully saturated rings. The summed E-state index contributed by atoms with van der Waals surface area (Å²) in [4.78, 5) is 0. The predicted molar refractivity (Wildman–Crippen MR) is 39.0 cm³/mol. The van der Waals surface area contributed by atoms with Gasteiger partial charge in [-0.05, 0) is 11.5 Å². The molecular formula is C4H9NO2PS+. The van der Waals surface area contributed by atoms with Gasteiger partial charge in [0.2, 0.25) is 5.06 Å². The maximum absolute atomic E-state index is 10.0.